The van der Waals surface area contributed by atoms with Crippen molar-refractivity contribution >= 4 is 11.3 Å². The Labute approximate surface area is 97.9 Å². The molecule has 1 aromatic heterocycles. The average Bonchev–Trinajstić information content (AvgIpc) is 2.44. The molecule has 0 spiro atoms. The Hall–Kier alpha value is -0.370. The summed E-state index contributed by atoms with van der Waals surface area (Å²) in [5, 5.41) is 1.27. The molecular formula is C13H23NS. The molecule has 0 saturated carbocycles. The maximum absolute atomic E-state index is 4.78. The topological polar surface area (TPSA) is 12.9 Å². The van der Waals surface area contributed by atoms with Crippen LogP contribution in [-0.4, -0.2) is 4.98 Å². The lowest BCUT2D eigenvalue weighted by Crippen LogP contribution is -2.20. The fourth-order valence-corrected chi connectivity index (χ4v) is 2.80. The Kier molecular flexibility index (Phi) is 3.30. The summed E-state index contributed by atoms with van der Waals surface area (Å²) in [7, 11) is 0. The first-order valence-corrected chi connectivity index (χ1v) is 6.48. The van der Waals surface area contributed by atoms with Crippen molar-refractivity contribution in [1.29, 1.82) is 0 Å². The van der Waals surface area contributed by atoms with Gasteiger partial charge < -0.3 is 0 Å². The van der Waals surface area contributed by atoms with Crippen LogP contribution in [0.3, 0.4) is 0 Å². The van der Waals surface area contributed by atoms with Crippen molar-refractivity contribution < 1.29 is 0 Å². The van der Waals surface area contributed by atoms with Gasteiger partial charge in [-0.25, -0.2) is 4.98 Å². The summed E-state index contributed by atoms with van der Waals surface area (Å²) in [6.45, 7) is 15.7. The second kappa shape index (κ2) is 3.89. The van der Waals surface area contributed by atoms with E-state index in [2.05, 4.69) is 48.5 Å². The highest BCUT2D eigenvalue weighted by Crippen LogP contribution is 2.37. The summed E-state index contributed by atoms with van der Waals surface area (Å²) < 4.78 is 0. The van der Waals surface area contributed by atoms with E-state index in [1.165, 1.54) is 15.6 Å². The van der Waals surface area contributed by atoms with Crippen molar-refractivity contribution in [3.63, 3.8) is 0 Å². The van der Waals surface area contributed by atoms with Crippen LogP contribution >= 0.6 is 11.3 Å². The van der Waals surface area contributed by atoms with Crippen LogP contribution in [0.5, 0.6) is 0 Å². The first-order chi connectivity index (χ1) is 6.66. The van der Waals surface area contributed by atoms with Gasteiger partial charge >= 0.3 is 0 Å². The van der Waals surface area contributed by atoms with Gasteiger partial charge in [-0.05, 0) is 11.8 Å². The van der Waals surface area contributed by atoms with E-state index in [0.717, 1.165) is 6.42 Å². The molecule has 0 aliphatic carbocycles. The second-order valence-electron chi connectivity index (χ2n) is 6.14. The highest BCUT2D eigenvalue weighted by atomic mass is 32.1. The molecule has 0 N–H and O–H groups in total. The van der Waals surface area contributed by atoms with Gasteiger partial charge in [-0.15, -0.1) is 11.3 Å². The molecule has 0 amide bonds. The average molecular weight is 225 g/mol. The van der Waals surface area contributed by atoms with Gasteiger partial charge in [-0.3, -0.25) is 0 Å². The smallest absolute Gasteiger partial charge is 0.0928 e. The minimum atomic E-state index is 0.159. The quantitative estimate of drug-likeness (QED) is 0.694. The number of hydrogen-bond donors (Lipinski definition) is 0. The van der Waals surface area contributed by atoms with Crippen molar-refractivity contribution in [2.75, 3.05) is 0 Å². The van der Waals surface area contributed by atoms with Gasteiger partial charge in [0.15, 0.2) is 0 Å². The van der Waals surface area contributed by atoms with Gasteiger partial charge in [-0.1, -0.05) is 48.5 Å². The van der Waals surface area contributed by atoms with Crippen molar-refractivity contribution in [1.82, 2.24) is 4.98 Å². The monoisotopic (exact) mass is 225 g/mol. The molecule has 2 heteroatoms. The van der Waals surface area contributed by atoms with Crippen molar-refractivity contribution in [3.05, 3.63) is 15.6 Å². The Bertz CT molecular complexity index is 305. The minimum Gasteiger partial charge on any atom is -0.245 e. The van der Waals surface area contributed by atoms with E-state index in [-0.39, 0.29) is 10.8 Å². The Morgan fingerprint density at radius 3 is 1.80 bits per heavy atom. The summed E-state index contributed by atoms with van der Waals surface area (Å²) in [5.74, 6) is 0. The predicted molar refractivity (Wildman–Crippen MR) is 68.9 cm³/mol. The lowest BCUT2D eigenvalue weighted by atomic mass is 9.84. The summed E-state index contributed by atoms with van der Waals surface area (Å²) in [6, 6.07) is 0. The van der Waals surface area contributed by atoms with E-state index in [0.29, 0.717) is 0 Å². The lowest BCUT2D eigenvalue weighted by Gasteiger charge is -2.24. The zero-order valence-electron chi connectivity index (χ0n) is 11.1. The number of hydrogen-bond acceptors (Lipinski definition) is 2. The zero-order chi connectivity index (χ0) is 11.9. The van der Waals surface area contributed by atoms with Crippen LogP contribution in [0.4, 0.5) is 0 Å². The van der Waals surface area contributed by atoms with Gasteiger partial charge in [0.1, 0.15) is 0 Å². The molecule has 1 heterocycles. The highest BCUT2D eigenvalue weighted by Gasteiger charge is 2.29. The van der Waals surface area contributed by atoms with Crippen LogP contribution in [-0.2, 0) is 17.3 Å². The lowest BCUT2D eigenvalue weighted by molar-refractivity contribution is 0.526. The van der Waals surface area contributed by atoms with Gasteiger partial charge in [0.05, 0.1) is 10.7 Å². The number of nitrogens with zero attached hydrogens (tertiary/aromatic N) is 1. The first-order valence-electron chi connectivity index (χ1n) is 5.67. The predicted octanol–water partition coefficient (Wildman–Crippen LogP) is 4.30. The second-order valence-corrected chi connectivity index (χ2v) is 7.22. The molecule has 0 aliphatic heterocycles. The van der Waals surface area contributed by atoms with Crippen molar-refractivity contribution in [2.24, 2.45) is 0 Å². The standard InChI is InChI=1S/C13H23NS/c1-8-9-14-10(12(2,3)4)11(15-9)13(5,6)7/h8H2,1-7H3. The molecule has 0 aliphatic rings. The highest BCUT2D eigenvalue weighted by molar-refractivity contribution is 7.11. The Morgan fingerprint density at radius 1 is 1.00 bits per heavy atom. The number of thiazole rings is 1. The largest absolute Gasteiger partial charge is 0.245 e. The van der Waals surface area contributed by atoms with Crippen LogP contribution in [0.2, 0.25) is 0 Å². The van der Waals surface area contributed by atoms with Crippen LogP contribution in [0.1, 0.15) is 64.0 Å². The zero-order valence-corrected chi connectivity index (χ0v) is 11.9. The maximum atomic E-state index is 4.78. The van der Waals surface area contributed by atoms with E-state index >= 15 is 0 Å². The van der Waals surface area contributed by atoms with Crippen LogP contribution in [0.25, 0.3) is 0 Å². The molecule has 0 bridgehead atoms. The summed E-state index contributed by atoms with van der Waals surface area (Å²) in [6.07, 6.45) is 1.05. The number of aryl methyl sites for hydroxylation is 1. The fourth-order valence-electron chi connectivity index (χ4n) is 1.53. The molecular weight excluding hydrogens is 202 g/mol. The molecule has 1 aromatic rings. The van der Waals surface area contributed by atoms with E-state index in [1.54, 1.807) is 0 Å². The summed E-state index contributed by atoms with van der Waals surface area (Å²) >= 11 is 1.88. The SMILES string of the molecule is CCc1nc(C(C)(C)C)c(C(C)(C)C)s1. The molecule has 1 rings (SSSR count). The van der Waals surface area contributed by atoms with Gasteiger partial charge in [0.25, 0.3) is 0 Å². The summed E-state index contributed by atoms with van der Waals surface area (Å²) in [4.78, 5) is 6.24. The molecule has 0 fully saturated rings. The number of rotatable bonds is 1. The molecule has 0 unspecified atom stereocenters. The molecule has 86 valence electrons. The van der Waals surface area contributed by atoms with E-state index in [4.69, 9.17) is 4.98 Å². The van der Waals surface area contributed by atoms with Crippen molar-refractivity contribution in [3.8, 4) is 0 Å². The molecule has 0 saturated heterocycles. The minimum absolute atomic E-state index is 0.159. The van der Waals surface area contributed by atoms with E-state index < -0.39 is 0 Å². The van der Waals surface area contributed by atoms with Crippen LogP contribution in [0, 0.1) is 0 Å². The maximum Gasteiger partial charge on any atom is 0.0928 e. The molecule has 0 aromatic carbocycles. The van der Waals surface area contributed by atoms with Gasteiger partial charge in [0, 0.05) is 10.3 Å². The third-order valence-electron chi connectivity index (χ3n) is 2.37. The fraction of sp³-hybridized carbons (Fsp3) is 0.769. The molecule has 1 nitrogen and oxygen atoms in total. The Morgan fingerprint density at radius 2 is 1.53 bits per heavy atom. The first kappa shape index (κ1) is 12.7. The van der Waals surface area contributed by atoms with Gasteiger partial charge in [-0.2, -0.15) is 0 Å². The van der Waals surface area contributed by atoms with Crippen molar-refractivity contribution in [2.45, 2.75) is 65.7 Å². The molecule has 15 heavy (non-hydrogen) atoms. The third kappa shape index (κ3) is 2.81. The van der Waals surface area contributed by atoms with Crippen LogP contribution in [0.15, 0.2) is 0 Å². The van der Waals surface area contributed by atoms with E-state index in [9.17, 15) is 0 Å². The van der Waals surface area contributed by atoms with Crippen LogP contribution < -0.4 is 0 Å². The molecule has 0 atom stereocenters. The summed E-state index contributed by atoms with van der Waals surface area (Å²) in [5.41, 5.74) is 1.66. The van der Waals surface area contributed by atoms with Gasteiger partial charge in [0.2, 0.25) is 0 Å². The third-order valence-corrected chi connectivity index (χ3v) is 3.99. The Balaban J connectivity index is 3.31. The normalized spacial score (nSPS) is 13.3. The molecule has 0 radical (unpaired) electrons. The van der Waals surface area contributed by atoms with E-state index in [1.807, 2.05) is 11.3 Å². The number of aromatic nitrogens is 1.